The van der Waals surface area contributed by atoms with Gasteiger partial charge in [0.25, 0.3) is 0 Å². The molecular weight excluding hydrogens is 515 g/mol. The third-order valence-electron chi connectivity index (χ3n) is 5.22. The number of hydrogen-bond acceptors (Lipinski definition) is 3. The van der Waals surface area contributed by atoms with Gasteiger partial charge in [0.05, 0.1) is 12.2 Å². The molecule has 0 saturated carbocycles. The van der Waals surface area contributed by atoms with E-state index in [9.17, 15) is 4.79 Å². The zero-order chi connectivity index (χ0) is 21.5. The molecule has 0 aliphatic carbocycles. The van der Waals surface area contributed by atoms with E-state index in [2.05, 4.69) is 46.9 Å². The van der Waals surface area contributed by atoms with Crippen LogP contribution in [0.5, 0.6) is 0 Å². The second-order valence-corrected chi connectivity index (χ2v) is 7.48. The molecule has 2 heterocycles. The fourth-order valence-corrected chi connectivity index (χ4v) is 3.63. The first kappa shape index (κ1) is 23.8. The van der Waals surface area contributed by atoms with E-state index in [0.29, 0.717) is 19.5 Å². The molecule has 1 aliphatic rings. The third kappa shape index (κ3) is 6.09. The highest BCUT2D eigenvalue weighted by molar-refractivity contribution is 14.0. The van der Waals surface area contributed by atoms with Gasteiger partial charge in [-0.3, -0.25) is 4.79 Å². The molecule has 2 N–H and O–H groups in total. The number of anilines is 1. The number of hydrogen-bond donors (Lipinski definition) is 2. The van der Waals surface area contributed by atoms with E-state index < -0.39 is 0 Å². The first-order valence-electron chi connectivity index (χ1n) is 10.7. The molecule has 3 aromatic rings. The Morgan fingerprint density at radius 1 is 1.06 bits per heavy atom. The summed E-state index contributed by atoms with van der Waals surface area (Å²) in [5.74, 6) is 0.981. The Kier molecular flexibility index (Phi) is 8.66. The summed E-state index contributed by atoms with van der Waals surface area (Å²) in [7, 11) is 0. The number of nitrogens with zero attached hydrogens (tertiary/aromatic N) is 4. The van der Waals surface area contributed by atoms with E-state index in [1.807, 2.05) is 46.1 Å². The van der Waals surface area contributed by atoms with Gasteiger partial charge in [0, 0.05) is 44.1 Å². The molecule has 1 amide bonds. The van der Waals surface area contributed by atoms with Crippen LogP contribution in [0.25, 0.3) is 5.69 Å². The normalized spacial score (nSPS) is 13.7. The number of carbonyl (C=O) groups is 1. The SMILES string of the molecule is CCNC(=NCc1cccc(-n2cccn2)c1)NCc1ccc(N2CCCC2=O)cc1.I. The molecule has 7 nitrogen and oxygen atoms in total. The second kappa shape index (κ2) is 11.7. The van der Waals surface area contributed by atoms with E-state index >= 15 is 0 Å². The van der Waals surface area contributed by atoms with Crippen LogP contribution in [0, 0.1) is 0 Å². The van der Waals surface area contributed by atoms with Crippen LogP contribution in [0.15, 0.2) is 72.0 Å². The fraction of sp³-hybridized carbons (Fsp3) is 0.292. The molecule has 0 atom stereocenters. The number of halogens is 1. The summed E-state index contributed by atoms with van der Waals surface area (Å²) in [6.45, 7) is 4.88. The smallest absolute Gasteiger partial charge is 0.227 e. The van der Waals surface area contributed by atoms with Crippen molar-refractivity contribution < 1.29 is 4.79 Å². The lowest BCUT2D eigenvalue weighted by atomic mass is 10.2. The van der Waals surface area contributed by atoms with Crippen LogP contribution in [0.4, 0.5) is 5.69 Å². The Labute approximate surface area is 205 Å². The van der Waals surface area contributed by atoms with Crippen LogP contribution in [0.3, 0.4) is 0 Å². The molecule has 1 aliphatic heterocycles. The number of rotatable bonds is 7. The highest BCUT2D eigenvalue weighted by Crippen LogP contribution is 2.21. The highest BCUT2D eigenvalue weighted by Gasteiger charge is 2.21. The number of guanidine groups is 1. The molecule has 0 unspecified atom stereocenters. The summed E-state index contributed by atoms with van der Waals surface area (Å²) >= 11 is 0. The predicted octanol–water partition coefficient (Wildman–Crippen LogP) is 3.87. The minimum absolute atomic E-state index is 0. The summed E-state index contributed by atoms with van der Waals surface area (Å²) in [5, 5.41) is 11.0. The van der Waals surface area contributed by atoms with Crippen molar-refractivity contribution in [1.82, 2.24) is 20.4 Å². The Morgan fingerprint density at radius 3 is 2.59 bits per heavy atom. The summed E-state index contributed by atoms with van der Waals surface area (Å²) in [6.07, 6.45) is 5.29. The molecule has 1 saturated heterocycles. The molecule has 0 radical (unpaired) electrons. The minimum Gasteiger partial charge on any atom is -0.357 e. The van der Waals surface area contributed by atoms with Crippen molar-refractivity contribution in [1.29, 1.82) is 0 Å². The van der Waals surface area contributed by atoms with Gasteiger partial charge >= 0.3 is 0 Å². The van der Waals surface area contributed by atoms with Crippen molar-refractivity contribution in [3.63, 3.8) is 0 Å². The maximum atomic E-state index is 11.9. The van der Waals surface area contributed by atoms with Gasteiger partial charge in [0.1, 0.15) is 0 Å². The zero-order valence-electron chi connectivity index (χ0n) is 18.2. The largest absolute Gasteiger partial charge is 0.357 e. The Balaban J connectivity index is 0.00000289. The Hall–Kier alpha value is -2.88. The maximum Gasteiger partial charge on any atom is 0.227 e. The van der Waals surface area contributed by atoms with Crippen LogP contribution in [0.1, 0.15) is 30.9 Å². The molecule has 8 heteroatoms. The molecule has 0 bridgehead atoms. The van der Waals surface area contributed by atoms with Crippen LogP contribution in [-0.4, -0.2) is 34.7 Å². The van der Waals surface area contributed by atoms with Gasteiger partial charge in [-0.1, -0.05) is 24.3 Å². The number of aliphatic imine (C=N–C) groups is 1. The summed E-state index contributed by atoms with van der Waals surface area (Å²) in [4.78, 5) is 18.5. The van der Waals surface area contributed by atoms with E-state index in [1.54, 1.807) is 6.20 Å². The van der Waals surface area contributed by atoms with E-state index in [-0.39, 0.29) is 29.9 Å². The van der Waals surface area contributed by atoms with E-state index in [0.717, 1.165) is 48.0 Å². The average Bonchev–Trinajstić information content (AvgIpc) is 3.48. The Morgan fingerprint density at radius 2 is 1.91 bits per heavy atom. The Bertz CT molecular complexity index is 1030. The molecule has 4 rings (SSSR count). The number of carbonyl (C=O) groups excluding carboxylic acids is 1. The highest BCUT2D eigenvalue weighted by atomic mass is 127. The van der Waals surface area contributed by atoms with Gasteiger partial charge in [-0.05, 0) is 54.8 Å². The van der Waals surface area contributed by atoms with Gasteiger partial charge in [0.2, 0.25) is 5.91 Å². The van der Waals surface area contributed by atoms with Gasteiger partial charge < -0.3 is 15.5 Å². The minimum atomic E-state index is 0. The monoisotopic (exact) mass is 544 g/mol. The van der Waals surface area contributed by atoms with Crippen molar-refractivity contribution in [2.75, 3.05) is 18.0 Å². The lowest BCUT2D eigenvalue weighted by Crippen LogP contribution is -2.36. The van der Waals surface area contributed by atoms with Crippen LogP contribution < -0.4 is 15.5 Å². The van der Waals surface area contributed by atoms with Crippen LogP contribution in [0.2, 0.25) is 0 Å². The van der Waals surface area contributed by atoms with Gasteiger partial charge in [-0.25, -0.2) is 9.67 Å². The lowest BCUT2D eigenvalue weighted by Gasteiger charge is -2.16. The summed E-state index contributed by atoms with van der Waals surface area (Å²) in [6, 6.07) is 18.3. The van der Waals surface area contributed by atoms with Crippen molar-refractivity contribution >= 4 is 41.5 Å². The van der Waals surface area contributed by atoms with E-state index in [4.69, 9.17) is 4.99 Å². The van der Waals surface area contributed by atoms with Gasteiger partial charge in [-0.15, -0.1) is 24.0 Å². The molecule has 0 spiro atoms. The molecule has 1 aromatic heterocycles. The van der Waals surface area contributed by atoms with Crippen molar-refractivity contribution in [3.05, 3.63) is 78.1 Å². The van der Waals surface area contributed by atoms with Gasteiger partial charge in [0.15, 0.2) is 5.96 Å². The quantitative estimate of drug-likeness (QED) is 0.269. The lowest BCUT2D eigenvalue weighted by molar-refractivity contribution is -0.117. The molecule has 2 aromatic carbocycles. The van der Waals surface area contributed by atoms with Crippen LogP contribution >= 0.6 is 24.0 Å². The van der Waals surface area contributed by atoms with Crippen LogP contribution in [-0.2, 0) is 17.9 Å². The van der Waals surface area contributed by atoms with Crippen molar-refractivity contribution in [2.45, 2.75) is 32.9 Å². The number of nitrogens with one attached hydrogen (secondary N) is 2. The van der Waals surface area contributed by atoms with E-state index in [1.165, 1.54) is 0 Å². The molecule has 1 fully saturated rings. The maximum absolute atomic E-state index is 11.9. The predicted molar refractivity (Wildman–Crippen MR) is 139 cm³/mol. The molecule has 168 valence electrons. The molecule has 32 heavy (non-hydrogen) atoms. The average molecular weight is 544 g/mol. The zero-order valence-corrected chi connectivity index (χ0v) is 20.5. The number of benzene rings is 2. The van der Waals surface area contributed by atoms with Crippen molar-refractivity contribution in [3.8, 4) is 5.69 Å². The first-order valence-corrected chi connectivity index (χ1v) is 10.7. The topological polar surface area (TPSA) is 74.6 Å². The number of amides is 1. The third-order valence-corrected chi connectivity index (χ3v) is 5.22. The van der Waals surface area contributed by atoms with Gasteiger partial charge in [-0.2, -0.15) is 5.10 Å². The standard InChI is InChI=1S/C24H28N6O.HI/c1-2-25-24(27-18-20-6-3-7-22(16-20)30-15-5-13-28-30)26-17-19-9-11-21(12-10-19)29-14-4-8-23(29)31;/h3,5-7,9-13,15-16H,2,4,8,14,17-18H2,1H3,(H2,25,26,27);1H. The second-order valence-electron chi connectivity index (χ2n) is 7.48. The summed E-state index contributed by atoms with van der Waals surface area (Å²) in [5.41, 5.74) is 4.25. The number of aromatic nitrogens is 2. The molecular formula is C24H29IN6O. The first-order chi connectivity index (χ1) is 15.2. The van der Waals surface area contributed by atoms with Crippen molar-refractivity contribution in [2.24, 2.45) is 4.99 Å². The summed E-state index contributed by atoms with van der Waals surface area (Å²) < 4.78 is 1.84. The fourth-order valence-electron chi connectivity index (χ4n) is 3.63.